The SMILES string of the molecule is COC(=O)CC1CCC2OC(CCO)C3OC4(CCCCC4)OC3[C@H]2O1. The summed E-state index contributed by atoms with van der Waals surface area (Å²) >= 11 is 0. The number of esters is 1. The number of hydrogen-bond donors (Lipinski definition) is 1. The van der Waals surface area contributed by atoms with E-state index in [0.717, 1.165) is 38.5 Å². The molecule has 0 bridgehead atoms. The van der Waals surface area contributed by atoms with Crippen molar-refractivity contribution in [3.05, 3.63) is 0 Å². The summed E-state index contributed by atoms with van der Waals surface area (Å²) in [6, 6.07) is 0. The minimum atomic E-state index is -0.530. The summed E-state index contributed by atoms with van der Waals surface area (Å²) in [4.78, 5) is 11.6. The van der Waals surface area contributed by atoms with Gasteiger partial charge in [0.1, 0.15) is 18.3 Å². The average Bonchev–Trinajstić information content (AvgIpc) is 3.02. The number of fused-ring (bicyclic) bond motifs is 3. The molecular weight excluding hydrogens is 340 g/mol. The van der Waals surface area contributed by atoms with E-state index in [1.807, 2.05) is 0 Å². The van der Waals surface area contributed by atoms with Gasteiger partial charge in [-0.3, -0.25) is 4.79 Å². The number of carbonyl (C=O) groups is 1. The summed E-state index contributed by atoms with van der Waals surface area (Å²) in [7, 11) is 1.40. The molecule has 7 heteroatoms. The summed E-state index contributed by atoms with van der Waals surface area (Å²) in [6.45, 7) is 0.0630. The highest BCUT2D eigenvalue weighted by atomic mass is 16.8. The van der Waals surface area contributed by atoms with E-state index < -0.39 is 5.79 Å². The van der Waals surface area contributed by atoms with Crippen molar-refractivity contribution in [2.75, 3.05) is 13.7 Å². The monoisotopic (exact) mass is 370 g/mol. The fourth-order valence-corrected chi connectivity index (χ4v) is 4.93. The van der Waals surface area contributed by atoms with Gasteiger partial charge < -0.3 is 28.8 Å². The van der Waals surface area contributed by atoms with Crippen molar-refractivity contribution in [3.63, 3.8) is 0 Å². The van der Waals surface area contributed by atoms with Gasteiger partial charge in [-0.15, -0.1) is 0 Å². The summed E-state index contributed by atoms with van der Waals surface area (Å²) < 4.78 is 30.2. The van der Waals surface area contributed by atoms with Crippen LogP contribution in [0.5, 0.6) is 0 Å². The second-order valence-corrected chi connectivity index (χ2v) is 7.94. The number of aliphatic hydroxyl groups is 1. The molecule has 3 heterocycles. The normalized spacial score (nSPS) is 41.5. The molecule has 0 aromatic heterocycles. The first-order valence-corrected chi connectivity index (χ1v) is 9.98. The third kappa shape index (κ3) is 3.52. The molecule has 4 fully saturated rings. The number of hydrogen-bond acceptors (Lipinski definition) is 7. The van der Waals surface area contributed by atoms with E-state index in [0.29, 0.717) is 6.42 Å². The number of ether oxygens (including phenoxy) is 5. The molecule has 1 aliphatic carbocycles. The molecule has 4 rings (SSSR count). The van der Waals surface area contributed by atoms with Crippen LogP contribution in [0.4, 0.5) is 0 Å². The predicted molar refractivity (Wildman–Crippen MR) is 90.5 cm³/mol. The van der Waals surface area contributed by atoms with Gasteiger partial charge in [0.25, 0.3) is 0 Å². The minimum Gasteiger partial charge on any atom is -0.469 e. The van der Waals surface area contributed by atoms with Gasteiger partial charge in [-0.1, -0.05) is 6.42 Å². The van der Waals surface area contributed by atoms with Crippen molar-refractivity contribution >= 4 is 5.97 Å². The lowest BCUT2D eigenvalue weighted by molar-refractivity contribution is -0.242. The number of methoxy groups -OCH3 is 1. The van der Waals surface area contributed by atoms with Gasteiger partial charge in [0, 0.05) is 19.4 Å². The van der Waals surface area contributed by atoms with E-state index in [1.54, 1.807) is 0 Å². The smallest absolute Gasteiger partial charge is 0.308 e. The Kier molecular flexibility index (Phi) is 5.53. The second-order valence-electron chi connectivity index (χ2n) is 7.94. The maximum absolute atomic E-state index is 11.6. The predicted octanol–water partition coefficient (Wildman–Crippen LogP) is 1.69. The van der Waals surface area contributed by atoms with Crippen molar-refractivity contribution in [2.45, 2.75) is 100 Å². The molecule has 5 unspecified atom stereocenters. The van der Waals surface area contributed by atoms with Crippen LogP contribution < -0.4 is 0 Å². The van der Waals surface area contributed by atoms with Crippen molar-refractivity contribution < 1.29 is 33.6 Å². The molecule has 0 radical (unpaired) electrons. The summed E-state index contributed by atoms with van der Waals surface area (Å²) in [6.07, 6.45) is 6.48. The van der Waals surface area contributed by atoms with Crippen LogP contribution in [0.1, 0.15) is 57.8 Å². The molecule has 0 amide bonds. The topological polar surface area (TPSA) is 83.5 Å². The molecule has 26 heavy (non-hydrogen) atoms. The highest BCUT2D eigenvalue weighted by molar-refractivity contribution is 5.69. The molecule has 1 N–H and O–H groups in total. The lowest BCUT2D eigenvalue weighted by Gasteiger charge is -2.46. The van der Waals surface area contributed by atoms with E-state index >= 15 is 0 Å². The molecule has 1 spiro atoms. The average molecular weight is 370 g/mol. The standard InChI is InChI=1S/C19H30O7/c1-22-15(21)11-12-5-6-13-16(23-12)18-17(14(24-13)7-10-20)25-19(26-18)8-3-2-4-9-19/h12-14,16-18,20H,2-11H2,1H3/t12?,13?,14?,16-,17?,18?/m0/s1. The van der Waals surface area contributed by atoms with Gasteiger partial charge in [0.15, 0.2) is 5.79 Å². The highest BCUT2D eigenvalue weighted by Crippen LogP contribution is 2.47. The largest absolute Gasteiger partial charge is 0.469 e. The van der Waals surface area contributed by atoms with Crippen LogP contribution in [0.2, 0.25) is 0 Å². The van der Waals surface area contributed by atoms with Gasteiger partial charge in [-0.25, -0.2) is 0 Å². The zero-order valence-electron chi connectivity index (χ0n) is 15.4. The molecule has 0 aromatic carbocycles. The molecule has 0 aromatic rings. The molecule has 148 valence electrons. The summed E-state index contributed by atoms with van der Waals surface area (Å²) in [5, 5.41) is 9.45. The van der Waals surface area contributed by atoms with Crippen LogP contribution in [-0.2, 0) is 28.5 Å². The number of aliphatic hydroxyl groups excluding tert-OH is 1. The van der Waals surface area contributed by atoms with E-state index in [4.69, 9.17) is 23.7 Å². The first-order chi connectivity index (χ1) is 12.6. The number of carbonyl (C=O) groups excluding carboxylic acids is 1. The van der Waals surface area contributed by atoms with Gasteiger partial charge >= 0.3 is 5.97 Å². The number of rotatable bonds is 4. The molecule has 1 saturated carbocycles. The molecule has 3 aliphatic heterocycles. The van der Waals surface area contributed by atoms with Crippen molar-refractivity contribution in [1.82, 2.24) is 0 Å². The van der Waals surface area contributed by atoms with Crippen molar-refractivity contribution in [1.29, 1.82) is 0 Å². The molecular formula is C19H30O7. The van der Waals surface area contributed by atoms with Crippen LogP contribution in [0, 0.1) is 0 Å². The third-order valence-corrected chi connectivity index (χ3v) is 6.21. The third-order valence-electron chi connectivity index (χ3n) is 6.21. The molecule has 3 saturated heterocycles. The lowest BCUT2D eigenvalue weighted by atomic mass is 9.88. The van der Waals surface area contributed by atoms with Crippen LogP contribution in [0.3, 0.4) is 0 Å². The summed E-state index contributed by atoms with van der Waals surface area (Å²) in [5.74, 6) is -0.787. The van der Waals surface area contributed by atoms with E-state index in [2.05, 4.69) is 0 Å². The van der Waals surface area contributed by atoms with Gasteiger partial charge in [-0.05, 0) is 32.1 Å². The quantitative estimate of drug-likeness (QED) is 0.754. The van der Waals surface area contributed by atoms with Crippen LogP contribution >= 0.6 is 0 Å². The lowest BCUT2D eigenvalue weighted by Crippen LogP contribution is -2.60. The van der Waals surface area contributed by atoms with Gasteiger partial charge in [0.2, 0.25) is 0 Å². The fourth-order valence-electron chi connectivity index (χ4n) is 4.93. The van der Waals surface area contributed by atoms with Crippen LogP contribution in [0.15, 0.2) is 0 Å². The molecule has 4 aliphatic rings. The van der Waals surface area contributed by atoms with Crippen molar-refractivity contribution in [3.8, 4) is 0 Å². The first kappa shape index (κ1) is 18.6. The molecule has 6 atom stereocenters. The summed E-state index contributed by atoms with van der Waals surface area (Å²) in [5.41, 5.74) is 0. The minimum absolute atomic E-state index is 0.0630. The van der Waals surface area contributed by atoms with Crippen LogP contribution in [0.25, 0.3) is 0 Å². The Balaban J connectivity index is 1.51. The first-order valence-electron chi connectivity index (χ1n) is 9.98. The Bertz CT molecular complexity index is 504. The Morgan fingerprint density at radius 2 is 1.85 bits per heavy atom. The van der Waals surface area contributed by atoms with Crippen molar-refractivity contribution in [2.24, 2.45) is 0 Å². The van der Waals surface area contributed by atoms with Gasteiger partial charge in [0.05, 0.1) is 31.8 Å². The highest BCUT2D eigenvalue weighted by Gasteiger charge is 2.59. The Morgan fingerprint density at radius 1 is 1.08 bits per heavy atom. The van der Waals surface area contributed by atoms with Gasteiger partial charge in [-0.2, -0.15) is 0 Å². The van der Waals surface area contributed by atoms with E-state index in [1.165, 1.54) is 13.5 Å². The zero-order valence-corrected chi connectivity index (χ0v) is 15.4. The second kappa shape index (κ2) is 7.72. The van der Waals surface area contributed by atoms with E-state index in [9.17, 15) is 9.90 Å². The maximum Gasteiger partial charge on any atom is 0.308 e. The maximum atomic E-state index is 11.6. The van der Waals surface area contributed by atoms with E-state index in [-0.39, 0.29) is 55.6 Å². The molecule has 7 nitrogen and oxygen atoms in total. The Hall–Kier alpha value is -0.730. The fraction of sp³-hybridized carbons (Fsp3) is 0.947. The zero-order chi connectivity index (χ0) is 18.1. The Labute approximate surface area is 154 Å². The van der Waals surface area contributed by atoms with Crippen LogP contribution in [-0.4, -0.2) is 67.2 Å². The Morgan fingerprint density at radius 3 is 2.58 bits per heavy atom.